The summed E-state index contributed by atoms with van der Waals surface area (Å²) in [5.41, 5.74) is 1.72. The molecule has 4 nitrogen and oxygen atoms in total. The Morgan fingerprint density at radius 2 is 1.90 bits per heavy atom. The smallest absolute Gasteiger partial charge is 0.257 e. The number of aromatic nitrogens is 2. The molecular weight excluding hydrogens is 365 g/mol. The van der Waals surface area contributed by atoms with Gasteiger partial charge in [-0.25, -0.2) is 0 Å². The zero-order valence-electron chi connectivity index (χ0n) is 10.5. The van der Waals surface area contributed by atoms with Crippen LogP contribution in [0.5, 0.6) is 11.6 Å². The third-order valence-electron chi connectivity index (χ3n) is 2.72. The van der Waals surface area contributed by atoms with Gasteiger partial charge in [-0.3, -0.25) is 0 Å². The molecule has 2 rings (SSSR count). The van der Waals surface area contributed by atoms with Crippen molar-refractivity contribution in [1.29, 1.82) is 5.26 Å². The normalized spacial score (nSPS) is 10.2. The number of aryl methyl sites for hydroxylation is 1. The van der Waals surface area contributed by atoms with Gasteiger partial charge >= 0.3 is 0 Å². The fourth-order valence-corrected chi connectivity index (χ4v) is 2.31. The van der Waals surface area contributed by atoms with Gasteiger partial charge in [-0.05, 0) is 41.4 Å². The predicted molar refractivity (Wildman–Crippen MR) is 80.5 cm³/mol. The molecule has 0 aliphatic heterocycles. The first-order chi connectivity index (χ1) is 9.43. The van der Waals surface area contributed by atoms with Crippen LogP contribution < -0.4 is 4.74 Å². The Bertz CT molecular complexity index is 729. The topological polar surface area (TPSA) is 58.8 Å². The number of rotatable bonds is 2. The fourth-order valence-electron chi connectivity index (χ4n) is 1.48. The molecule has 0 saturated heterocycles. The zero-order chi connectivity index (χ0) is 14.9. The van der Waals surface area contributed by atoms with Crippen LogP contribution in [0, 0.1) is 25.2 Å². The summed E-state index contributed by atoms with van der Waals surface area (Å²) in [5, 5.41) is 17.8. The van der Waals surface area contributed by atoms with Crippen LogP contribution in [-0.4, -0.2) is 10.2 Å². The van der Waals surface area contributed by atoms with Gasteiger partial charge in [0, 0.05) is 10.5 Å². The third kappa shape index (κ3) is 2.88. The van der Waals surface area contributed by atoms with Gasteiger partial charge in [0.05, 0.1) is 15.7 Å². The first-order valence-electron chi connectivity index (χ1n) is 5.50. The molecule has 0 spiro atoms. The Kier molecular flexibility index (Phi) is 4.48. The summed E-state index contributed by atoms with van der Waals surface area (Å²) in [5.74, 6) is 0.421. The van der Waals surface area contributed by atoms with Crippen LogP contribution in [0.25, 0.3) is 0 Å². The first kappa shape index (κ1) is 15.0. The van der Waals surface area contributed by atoms with Crippen LogP contribution in [0.15, 0.2) is 16.6 Å². The summed E-state index contributed by atoms with van der Waals surface area (Å²) in [6.45, 7) is 3.56. The van der Waals surface area contributed by atoms with Crippen LogP contribution in [-0.2, 0) is 0 Å². The van der Waals surface area contributed by atoms with E-state index in [0.717, 1.165) is 5.56 Å². The second-order valence-corrected chi connectivity index (χ2v) is 5.67. The van der Waals surface area contributed by atoms with Crippen molar-refractivity contribution in [2.75, 3.05) is 0 Å². The summed E-state index contributed by atoms with van der Waals surface area (Å²) >= 11 is 15.3. The third-order valence-corrected chi connectivity index (χ3v) is 4.21. The maximum atomic E-state index is 9.21. The summed E-state index contributed by atoms with van der Waals surface area (Å²) in [7, 11) is 0. The number of ether oxygens (including phenoxy) is 1. The highest BCUT2D eigenvalue weighted by Crippen LogP contribution is 2.37. The SMILES string of the molecule is Cc1nnc(Oc2cc(Cl)c(Br)cc2Cl)c(C#N)c1C. The Morgan fingerprint density at radius 1 is 1.20 bits per heavy atom. The van der Waals surface area contributed by atoms with Crippen molar-refractivity contribution in [3.8, 4) is 17.7 Å². The van der Waals surface area contributed by atoms with Crippen molar-refractivity contribution in [3.05, 3.63) is 43.5 Å². The molecule has 0 unspecified atom stereocenters. The molecule has 0 aliphatic rings. The number of benzene rings is 1. The number of hydrogen-bond acceptors (Lipinski definition) is 4. The second kappa shape index (κ2) is 5.96. The number of nitrogens with zero attached hydrogens (tertiary/aromatic N) is 3. The van der Waals surface area contributed by atoms with Crippen molar-refractivity contribution in [2.45, 2.75) is 13.8 Å². The lowest BCUT2D eigenvalue weighted by atomic mass is 10.1. The van der Waals surface area contributed by atoms with E-state index in [1.165, 1.54) is 0 Å². The monoisotopic (exact) mass is 371 g/mol. The maximum absolute atomic E-state index is 9.21. The molecule has 1 aromatic heterocycles. The predicted octanol–water partition coefficient (Wildman–Crippen LogP) is 4.83. The van der Waals surface area contributed by atoms with E-state index in [4.69, 9.17) is 27.9 Å². The second-order valence-electron chi connectivity index (χ2n) is 4.00. The lowest BCUT2D eigenvalue weighted by Gasteiger charge is -2.10. The average molecular weight is 373 g/mol. The summed E-state index contributed by atoms with van der Waals surface area (Å²) in [4.78, 5) is 0. The molecule has 2 aromatic rings. The van der Waals surface area contributed by atoms with E-state index in [0.29, 0.717) is 31.5 Å². The number of halogens is 3. The molecule has 0 aliphatic carbocycles. The molecule has 0 radical (unpaired) electrons. The summed E-state index contributed by atoms with van der Waals surface area (Å²) < 4.78 is 6.23. The molecule has 1 aromatic carbocycles. The van der Waals surface area contributed by atoms with Crippen molar-refractivity contribution in [1.82, 2.24) is 10.2 Å². The van der Waals surface area contributed by atoms with Crippen LogP contribution in [0.3, 0.4) is 0 Å². The highest BCUT2D eigenvalue weighted by atomic mass is 79.9. The Hall–Kier alpha value is -1.35. The highest BCUT2D eigenvalue weighted by Gasteiger charge is 2.15. The fraction of sp³-hybridized carbons (Fsp3) is 0.154. The zero-order valence-corrected chi connectivity index (χ0v) is 13.6. The molecule has 1 heterocycles. The van der Waals surface area contributed by atoms with E-state index >= 15 is 0 Å². The van der Waals surface area contributed by atoms with Crippen LogP contribution in [0.4, 0.5) is 0 Å². The standard InChI is InChI=1S/C13H8BrCl2N3O/c1-6-7(2)18-19-13(8(6)5-17)20-12-4-10(15)9(14)3-11(12)16/h3-4H,1-2H3. The van der Waals surface area contributed by atoms with E-state index < -0.39 is 0 Å². The maximum Gasteiger partial charge on any atom is 0.257 e. The van der Waals surface area contributed by atoms with Gasteiger partial charge < -0.3 is 4.74 Å². The van der Waals surface area contributed by atoms with E-state index in [1.54, 1.807) is 26.0 Å². The summed E-state index contributed by atoms with van der Waals surface area (Å²) in [6, 6.07) is 5.22. The van der Waals surface area contributed by atoms with Gasteiger partial charge in [0.2, 0.25) is 0 Å². The van der Waals surface area contributed by atoms with Crippen molar-refractivity contribution in [3.63, 3.8) is 0 Å². The van der Waals surface area contributed by atoms with Gasteiger partial charge in [-0.1, -0.05) is 23.2 Å². The first-order valence-corrected chi connectivity index (χ1v) is 7.05. The van der Waals surface area contributed by atoms with Crippen molar-refractivity contribution < 1.29 is 4.74 Å². The van der Waals surface area contributed by atoms with Crippen LogP contribution in [0.2, 0.25) is 10.0 Å². The molecule has 0 atom stereocenters. The molecule has 7 heteroatoms. The minimum absolute atomic E-state index is 0.107. The van der Waals surface area contributed by atoms with Crippen molar-refractivity contribution in [2.24, 2.45) is 0 Å². The molecule has 0 fully saturated rings. The quantitative estimate of drug-likeness (QED) is 0.708. The van der Waals surface area contributed by atoms with Crippen LogP contribution in [0.1, 0.15) is 16.8 Å². The molecule has 0 saturated carbocycles. The molecule has 20 heavy (non-hydrogen) atoms. The number of nitriles is 1. The van der Waals surface area contributed by atoms with Crippen molar-refractivity contribution >= 4 is 39.1 Å². The van der Waals surface area contributed by atoms with Gasteiger partial charge in [0.1, 0.15) is 17.4 Å². The Morgan fingerprint density at radius 3 is 2.55 bits per heavy atom. The largest absolute Gasteiger partial charge is 0.435 e. The van der Waals surface area contributed by atoms with E-state index in [9.17, 15) is 5.26 Å². The Labute approximate surface area is 134 Å². The molecule has 0 amide bonds. The summed E-state index contributed by atoms with van der Waals surface area (Å²) in [6.07, 6.45) is 0. The van der Waals surface area contributed by atoms with Gasteiger partial charge in [-0.2, -0.15) is 10.4 Å². The van der Waals surface area contributed by atoms with E-state index in [1.807, 2.05) is 0 Å². The lowest BCUT2D eigenvalue weighted by Crippen LogP contribution is -2.00. The molecule has 0 N–H and O–H groups in total. The minimum atomic E-state index is 0.107. The minimum Gasteiger partial charge on any atom is -0.435 e. The number of hydrogen-bond donors (Lipinski definition) is 0. The van der Waals surface area contributed by atoms with Gasteiger partial charge in [0.15, 0.2) is 0 Å². The lowest BCUT2D eigenvalue weighted by molar-refractivity contribution is 0.452. The van der Waals surface area contributed by atoms with Gasteiger partial charge in [-0.15, -0.1) is 5.10 Å². The van der Waals surface area contributed by atoms with Gasteiger partial charge in [0.25, 0.3) is 5.88 Å². The van der Waals surface area contributed by atoms with E-state index in [-0.39, 0.29) is 5.88 Å². The highest BCUT2D eigenvalue weighted by molar-refractivity contribution is 9.10. The average Bonchev–Trinajstić information content (AvgIpc) is 2.40. The van der Waals surface area contributed by atoms with E-state index in [2.05, 4.69) is 32.2 Å². The Balaban J connectivity index is 2.49. The molecule has 0 bridgehead atoms. The molecule has 102 valence electrons. The van der Waals surface area contributed by atoms with Crippen LogP contribution >= 0.6 is 39.1 Å². The molecular formula is C13H8BrCl2N3O.